The molecule has 24 heavy (non-hydrogen) atoms. The summed E-state index contributed by atoms with van der Waals surface area (Å²) in [7, 11) is 0. The highest BCUT2D eigenvalue weighted by Crippen LogP contribution is 2.49. The fraction of sp³-hybridized carbons (Fsp3) is 0.412. The number of piperidine rings is 1. The van der Waals surface area contributed by atoms with Gasteiger partial charge in [-0.1, -0.05) is 17.7 Å². The number of nitrogens with zero attached hydrogens (tertiary/aromatic N) is 2. The fourth-order valence-electron chi connectivity index (χ4n) is 3.66. The molecule has 2 aromatic rings. The first kappa shape index (κ1) is 16.0. The zero-order chi connectivity index (χ0) is 17.0. The Balaban J connectivity index is 1.78. The Morgan fingerprint density at radius 1 is 1.50 bits per heavy atom. The summed E-state index contributed by atoms with van der Waals surface area (Å²) < 4.78 is 14.3. The summed E-state index contributed by atoms with van der Waals surface area (Å²) in [6.07, 6.45) is 1.98. The maximum Gasteiger partial charge on any atom is 0.274 e. The van der Waals surface area contributed by atoms with Crippen molar-refractivity contribution in [3.05, 3.63) is 39.7 Å². The van der Waals surface area contributed by atoms with E-state index in [4.69, 9.17) is 17.3 Å². The summed E-state index contributed by atoms with van der Waals surface area (Å²) in [5.74, 6) is -0.0434. The number of halogens is 2. The number of carbonyl (C=O) groups is 1. The average molecular weight is 366 g/mol. The topological polar surface area (TPSA) is 59.2 Å². The molecule has 1 aromatic carbocycles. The predicted octanol–water partition coefficient (Wildman–Crippen LogP) is 3.47. The van der Waals surface area contributed by atoms with E-state index in [1.54, 1.807) is 12.1 Å². The molecule has 7 heteroatoms. The smallest absolute Gasteiger partial charge is 0.274 e. The number of carbonyl (C=O) groups excluding carboxylic acids is 1. The summed E-state index contributed by atoms with van der Waals surface area (Å²) in [5.41, 5.74) is 6.37. The SMILES string of the molecule is Cc1nc(C(=O)N2[C@H](CN)C[C@@H]3C[C@@H]32)c(-c2c(F)cccc2Cl)s1. The normalized spacial score (nSPS) is 25.0. The molecule has 2 fully saturated rings. The van der Waals surface area contributed by atoms with Gasteiger partial charge in [-0.05, 0) is 37.8 Å². The van der Waals surface area contributed by atoms with Crippen molar-refractivity contribution in [3.8, 4) is 10.4 Å². The first-order chi connectivity index (χ1) is 11.5. The van der Waals surface area contributed by atoms with E-state index in [-0.39, 0.29) is 34.3 Å². The van der Waals surface area contributed by atoms with Crippen LogP contribution < -0.4 is 5.73 Å². The number of aromatic nitrogens is 1. The molecule has 2 heterocycles. The molecule has 4 nitrogen and oxygen atoms in total. The van der Waals surface area contributed by atoms with Crippen LogP contribution >= 0.6 is 22.9 Å². The molecule has 0 unspecified atom stereocenters. The van der Waals surface area contributed by atoms with Gasteiger partial charge in [-0.15, -0.1) is 11.3 Å². The van der Waals surface area contributed by atoms with Crippen molar-refractivity contribution in [1.29, 1.82) is 0 Å². The summed E-state index contributed by atoms with van der Waals surface area (Å²) in [5, 5.41) is 0.998. The van der Waals surface area contributed by atoms with Gasteiger partial charge in [-0.2, -0.15) is 0 Å². The molecule has 1 saturated carbocycles. The lowest BCUT2D eigenvalue weighted by atomic mass is 10.1. The van der Waals surface area contributed by atoms with E-state index in [0.717, 1.165) is 12.8 Å². The van der Waals surface area contributed by atoms with Gasteiger partial charge in [-0.3, -0.25) is 4.79 Å². The molecule has 0 radical (unpaired) electrons. The minimum absolute atomic E-state index is 0.0483. The minimum Gasteiger partial charge on any atom is -0.330 e. The van der Waals surface area contributed by atoms with E-state index in [1.807, 2.05) is 11.8 Å². The zero-order valence-electron chi connectivity index (χ0n) is 13.1. The van der Waals surface area contributed by atoms with Gasteiger partial charge in [-0.25, -0.2) is 9.37 Å². The van der Waals surface area contributed by atoms with Crippen molar-refractivity contribution in [2.75, 3.05) is 6.54 Å². The van der Waals surface area contributed by atoms with Gasteiger partial charge < -0.3 is 10.6 Å². The second-order valence-electron chi connectivity index (χ2n) is 6.41. The van der Waals surface area contributed by atoms with Crippen molar-refractivity contribution < 1.29 is 9.18 Å². The van der Waals surface area contributed by atoms with Crippen LogP contribution in [0, 0.1) is 18.7 Å². The summed E-state index contributed by atoms with van der Waals surface area (Å²) in [6, 6.07) is 4.83. The van der Waals surface area contributed by atoms with Crippen LogP contribution in [-0.2, 0) is 0 Å². The third kappa shape index (κ3) is 2.44. The third-order valence-electron chi connectivity index (χ3n) is 4.84. The standard InChI is InChI=1S/C17H17ClFN3OS/c1-8-21-15(16(24-8)14-11(18)3-2-4-12(14)19)17(23)22-10(7-20)5-9-6-13(9)22/h2-4,9-10,13H,5-7,20H2,1H3/t9-,10+,13+/m1/s1. The van der Waals surface area contributed by atoms with Gasteiger partial charge >= 0.3 is 0 Å². The molecule has 2 N–H and O–H groups in total. The van der Waals surface area contributed by atoms with E-state index in [1.165, 1.54) is 17.4 Å². The second-order valence-corrected chi connectivity index (χ2v) is 8.02. The fourth-order valence-corrected chi connectivity index (χ4v) is 4.95. The lowest BCUT2D eigenvalue weighted by Gasteiger charge is -2.26. The first-order valence-electron chi connectivity index (χ1n) is 7.95. The Kier molecular flexibility index (Phi) is 3.86. The number of hydrogen-bond acceptors (Lipinski definition) is 4. The zero-order valence-corrected chi connectivity index (χ0v) is 14.7. The van der Waals surface area contributed by atoms with E-state index in [9.17, 15) is 9.18 Å². The van der Waals surface area contributed by atoms with Crippen molar-refractivity contribution in [1.82, 2.24) is 9.88 Å². The number of likely N-dealkylation sites (tertiary alicyclic amines) is 1. The maximum atomic E-state index is 14.3. The van der Waals surface area contributed by atoms with Crippen LogP contribution in [0.2, 0.25) is 5.02 Å². The number of fused-ring (bicyclic) bond motifs is 1. The quantitative estimate of drug-likeness (QED) is 0.906. The Morgan fingerprint density at radius 2 is 2.29 bits per heavy atom. The van der Waals surface area contributed by atoms with E-state index in [0.29, 0.717) is 22.3 Å². The van der Waals surface area contributed by atoms with Crippen molar-refractivity contribution in [3.63, 3.8) is 0 Å². The predicted molar refractivity (Wildman–Crippen MR) is 92.8 cm³/mol. The van der Waals surface area contributed by atoms with Crippen molar-refractivity contribution in [2.24, 2.45) is 11.7 Å². The van der Waals surface area contributed by atoms with E-state index >= 15 is 0 Å². The molecule has 0 spiro atoms. The molecule has 4 rings (SSSR count). The molecule has 0 bridgehead atoms. The summed E-state index contributed by atoms with van der Waals surface area (Å²) in [6.45, 7) is 2.25. The lowest BCUT2D eigenvalue weighted by molar-refractivity contribution is 0.0701. The highest BCUT2D eigenvalue weighted by Gasteiger charge is 2.54. The van der Waals surface area contributed by atoms with Crippen LogP contribution in [0.15, 0.2) is 18.2 Å². The van der Waals surface area contributed by atoms with Gasteiger partial charge in [0.25, 0.3) is 5.91 Å². The van der Waals surface area contributed by atoms with Gasteiger partial charge in [0.2, 0.25) is 0 Å². The van der Waals surface area contributed by atoms with Gasteiger partial charge in [0.05, 0.1) is 14.9 Å². The second kappa shape index (κ2) is 5.79. The number of benzene rings is 1. The van der Waals surface area contributed by atoms with Crippen molar-refractivity contribution >= 4 is 28.8 Å². The lowest BCUT2D eigenvalue weighted by Crippen LogP contribution is -2.42. The monoisotopic (exact) mass is 365 g/mol. The van der Waals surface area contributed by atoms with Crippen LogP contribution in [-0.4, -0.2) is 34.4 Å². The molecule has 3 atom stereocenters. The number of rotatable bonds is 3. The third-order valence-corrected chi connectivity index (χ3v) is 6.15. The largest absolute Gasteiger partial charge is 0.330 e. The van der Waals surface area contributed by atoms with Crippen LogP contribution in [0.5, 0.6) is 0 Å². The van der Waals surface area contributed by atoms with Crippen molar-refractivity contribution in [2.45, 2.75) is 31.8 Å². The minimum atomic E-state index is -0.443. The highest BCUT2D eigenvalue weighted by atomic mass is 35.5. The Morgan fingerprint density at radius 3 is 3.00 bits per heavy atom. The number of nitrogens with two attached hydrogens (primary N) is 1. The Bertz CT molecular complexity index is 804. The molecular formula is C17H17ClFN3OS. The Labute approximate surface area is 148 Å². The van der Waals surface area contributed by atoms with Crippen LogP contribution in [0.4, 0.5) is 4.39 Å². The first-order valence-corrected chi connectivity index (χ1v) is 9.15. The van der Waals surface area contributed by atoms with Crippen LogP contribution in [0.1, 0.15) is 28.3 Å². The molecule has 1 aliphatic carbocycles. The van der Waals surface area contributed by atoms with E-state index in [2.05, 4.69) is 4.98 Å². The van der Waals surface area contributed by atoms with E-state index < -0.39 is 5.82 Å². The Hall–Kier alpha value is -1.50. The molecule has 1 saturated heterocycles. The van der Waals surface area contributed by atoms with Gasteiger partial charge in [0.1, 0.15) is 11.5 Å². The number of amides is 1. The van der Waals surface area contributed by atoms with Gasteiger partial charge in [0, 0.05) is 24.2 Å². The highest BCUT2D eigenvalue weighted by molar-refractivity contribution is 7.15. The molecule has 1 aromatic heterocycles. The molecule has 126 valence electrons. The molecule has 1 amide bonds. The number of hydrogen-bond donors (Lipinski definition) is 1. The molecular weight excluding hydrogens is 349 g/mol. The average Bonchev–Trinajstić information content (AvgIpc) is 3.04. The number of aryl methyl sites for hydroxylation is 1. The molecule has 2 aliphatic rings. The molecule has 1 aliphatic heterocycles. The number of thiazole rings is 1. The van der Waals surface area contributed by atoms with Gasteiger partial charge in [0.15, 0.2) is 0 Å². The summed E-state index contributed by atoms with van der Waals surface area (Å²) in [4.78, 5) is 19.9. The van der Waals surface area contributed by atoms with Crippen LogP contribution in [0.25, 0.3) is 10.4 Å². The van der Waals surface area contributed by atoms with Crippen LogP contribution in [0.3, 0.4) is 0 Å². The summed E-state index contributed by atoms with van der Waals surface area (Å²) >= 11 is 7.49. The maximum absolute atomic E-state index is 14.3.